The minimum atomic E-state index is -0.942. The Bertz CT molecular complexity index is 510. The van der Waals surface area contributed by atoms with Crippen LogP contribution in [0.25, 0.3) is 0 Å². The van der Waals surface area contributed by atoms with Gasteiger partial charge in [0.15, 0.2) is 5.79 Å². The number of nitrogens with two attached hydrogens (primary N) is 1. The van der Waals surface area contributed by atoms with Crippen molar-refractivity contribution < 1.29 is 14.3 Å². The van der Waals surface area contributed by atoms with Crippen LogP contribution in [0.4, 0.5) is 0 Å². The van der Waals surface area contributed by atoms with Crippen molar-refractivity contribution in [1.82, 2.24) is 0 Å². The molecule has 1 amide bonds. The van der Waals surface area contributed by atoms with Crippen LogP contribution in [-0.4, -0.2) is 25.9 Å². The van der Waals surface area contributed by atoms with E-state index in [2.05, 4.69) is 0 Å². The molecule has 1 aromatic rings. The summed E-state index contributed by atoms with van der Waals surface area (Å²) in [5.41, 5.74) is 6.96. The first-order chi connectivity index (χ1) is 8.64. The number of fused-ring (bicyclic) bond motifs is 5. The molecular weight excluding hydrogens is 230 g/mol. The Morgan fingerprint density at radius 3 is 2.61 bits per heavy atom. The molecule has 2 bridgehead atoms. The molecule has 18 heavy (non-hydrogen) atoms. The molecule has 2 aliphatic carbocycles. The lowest BCUT2D eigenvalue weighted by molar-refractivity contribution is -0.236. The quantitative estimate of drug-likeness (QED) is 0.819. The molecule has 0 saturated heterocycles. The molecule has 4 heteroatoms. The van der Waals surface area contributed by atoms with Gasteiger partial charge in [0.05, 0.1) is 0 Å². The average molecular weight is 247 g/mol. The molecule has 0 spiro atoms. The van der Waals surface area contributed by atoms with Gasteiger partial charge in [0.1, 0.15) is 5.41 Å². The first-order valence-electron chi connectivity index (χ1n) is 6.13. The van der Waals surface area contributed by atoms with Gasteiger partial charge in [-0.05, 0) is 24.0 Å². The van der Waals surface area contributed by atoms with Crippen molar-refractivity contribution >= 4 is 5.91 Å². The molecule has 4 nitrogen and oxygen atoms in total. The Labute approximate surface area is 106 Å². The fourth-order valence-corrected chi connectivity index (χ4v) is 4.04. The Balaban J connectivity index is 2.32. The maximum atomic E-state index is 12.1. The second-order valence-electron chi connectivity index (χ2n) is 5.02. The van der Waals surface area contributed by atoms with E-state index in [1.807, 2.05) is 24.3 Å². The number of hydrogen-bond acceptors (Lipinski definition) is 3. The minimum Gasteiger partial charge on any atom is -0.369 e. The number of benzene rings is 1. The maximum absolute atomic E-state index is 12.1. The van der Waals surface area contributed by atoms with Crippen molar-refractivity contribution in [1.29, 1.82) is 0 Å². The third kappa shape index (κ3) is 0.978. The van der Waals surface area contributed by atoms with Gasteiger partial charge in [0.25, 0.3) is 0 Å². The highest BCUT2D eigenvalue weighted by Gasteiger charge is 2.71. The van der Waals surface area contributed by atoms with E-state index < -0.39 is 11.2 Å². The monoisotopic (exact) mass is 247 g/mol. The molecule has 1 saturated carbocycles. The van der Waals surface area contributed by atoms with E-state index >= 15 is 0 Å². The molecular formula is C14H17NO3. The Morgan fingerprint density at radius 2 is 2.00 bits per heavy atom. The number of ether oxygens (including phenoxy) is 2. The molecule has 0 aliphatic heterocycles. The van der Waals surface area contributed by atoms with E-state index in [0.717, 1.165) is 17.5 Å². The smallest absolute Gasteiger partial charge is 0.233 e. The SMILES string of the molecule is COC1(OC)C2CCC1(C(N)=O)c1ccccc12. The van der Waals surface area contributed by atoms with Gasteiger partial charge in [0.2, 0.25) is 5.91 Å². The lowest BCUT2D eigenvalue weighted by Crippen LogP contribution is -2.56. The van der Waals surface area contributed by atoms with Crippen molar-refractivity contribution in [3.8, 4) is 0 Å². The summed E-state index contributed by atoms with van der Waals surface area (Å²) in [6, 6.07) is 7.91. The van der Waals surface area contributed by atoms with E-state index in [-0.39, 0.29) is 11.8 Å². The summed E-state index contributed by atoms with van der Waals surface area (Å²) in [6.07, 6.45) is 1.55. The van der Waals surface area contributed by atoms with E-state index in [1.165, 1.54) is 0 Å². The first kappa shape index (κ1) is 11.7. The van der Waals surface area contributed by atoms with E-state index in [4.69, 9.17) is 15.2 Å². The summed E-state index contributed by atoms with van der Waals surface area (Å²) < 4.78 is 11.3. The number of methoxy groups -OCH3 is 2. The van der Waals surface area contributed by atoms with Gasteiger partial charge in [-0.15, -0.1) is 0 Å². The lowest BCUT2D eigenvalue weighted by Gasteiger charge is -2.39. The average Bonchev–Trinajstić information content (AvgIpc) is 2.86. The number of primary amides is 1. The second-order valence-corrected chi connectivity index (χ2v) is 5.02. The summed E-state index contributed by atoms with van der Waals surface area (Å²) in [5.74, 6) is -1.22. The van der Waals surface area contributed by atoms with Gasteiger partial charge in [0, 0.05) is 20.1 Å². The standard InChI is InChI=1S/C14H17NO3/c1-17-14(18-2)11-7-8-13(14,12(15)16)10-6-4-3-5-9(10)11/h3-6,11H,7-8H2,1-2H3,(H2,15,16). The van der Waals surface area contributed by atoms with E-state index in [0.29, 0.717) is 6.42 Å². The summed E-state index contributed by atoms with van der Waals surface area (Å²) in [4.78, 5) is 12.1. The Hall–Kier alpha value is -1.39. The molecule has 1 aromatic carbocycles. The Morgan fingerprint density at radius 1 is 1.33 bits per heavy atom. The molecule has 0 heterocycles. The zero-order chi connectivity index (χ0) is 13.0. The fourth-order valence-electron chi connectivity index (χ4n) is 4.04. The highest BCUT2D eigenvalue weighted by molar-refractivity contribution is 5.91. The second kappa shape index (κ2) is 3.56. The maximum Gasteiger partial charge on any atom is 0.233 e. The van der Waals surface area contributed by atoms with Gasteiger partial charge in [-0.25, -0.2) is 0 Å². The number of carbonyl (C=O) groups excluding carboxylic acids is 1. The summed E-state index contributed by atoms with van der Waals surface area (Å²) in [7, 11) is 3.18. The van der Waals surface area contributed by atoms with Crippen molar-refractivity contribution in [2.75, 3.05) is 14.2 Å². The molecule has 2 N–H and O–H groups in total. The molecule has 2 atom stereocenters. The lowest BCUT2D eigenvalue weighted by atomic mass is 9.76. The topological polar surface area (TPSA) is 61.6 Å². The van der Waals surface area contributed by atoms with Crippen molar-refractivity contribution in [3.05, 3.63) is 35.4 Å². The van der Waals surface area contributed by atoms with Crippen LogP contribution in [0, 0.1) is 0 Å². The molecule has 0 radical (unpaired) electrons. The van der Waals surface area contributed by atoms with Crippen LogP contribution in [-0.2, 0) is 19.7 Å². The van der Waals surface area contributed by atoms with Crippen LogP contribution in [0.5, 0.6) is 0 Å². The molecule has 2 unspecified atom stereocenters. The summed E-state index contributed by atoms with van der Waals surface area (Å²) >= 11 is 0. The molecule has 0 aromatic heterocycles. The minimum absolute atomic E-state index is 0.0798. The van der Waals surface area contributed by atoms with Gasteiger partial charge in [-0.1, -0.05) is 24.3 Å². The van der Waals surface area contributed by atoms with Crippen LogP contribution >= 0.6 is 0 Å². The molecule has 2 aliphatic rings. The van der Waals surface area contributed by atoms with Crippen LogP contribution in [0.3, 0.4) is 0 Å². The van der Waals surface area contributed by atoms with Crippen molar-refractivity contribution in [3.63, 3.8) is 0 Å². The highest BCUT2D eigenvalue weighted by atomic mass is 16.7. The number of amides is 1. The van der Waals surface area contributed by atoms with Gasteiger partial charge in [-0.3, -0.25) is 4.79 Å². The van der Waals surface area contributed by atoms with Crippen LogP contribution in [0.1, 0.15) is 29.9 Å². The van der Waals surface area contributed by atoms with Crippen molar-refractivity contribution in [2.45, 2.75) is 30.0 Å². The van der Waals surface area contributed by atoms with Crippen LogP contribution in [0.2, 0.25) is 0 Å². The zero-order valence-corrected chi connectivity index (χ0v) is 10.6. The van der Waals surface area contributed by atoms with Gasteiger partial charge < -0.3 is 15.2 Å². The van der Waals surface area contributed by atoms with Gasteiger partial charge in [-0.2, -0.15) is 0 Å². The number of carbonyl (C=O) groups is 1. The third-order valence-electron chi connectivity index (χ3n) is 4.68. The van der Waals surface area contributed by atoms with Crippen LogP contribution < -0.4 is 5.73 Å². The van der Waals surface area contributed by atoms with Gasteiger partial charge >= 0.3 is 0 Å². The van der Waals surface area contributed by atoms with Crippen LogP contribution in [0.15, 0.2) is 24.3 Å². The van der Waals surface area contributed by atoms with E-state index in [9.17, 15) is 4.79 Å². The number of hydrogen-bond donors (Lipinski definition) is 1. The third-order valence-corrected chi connectivity index (χ3v) is 4.68. The largest absolute Gasteiger partial charge is 0.369 e. The van der Waals surface area contributed by atoms with E-state index in [1.54, 1.807) is 14.2 Å². The summed E-state index contributed by atoms with van der Waals surface area (Å²) in [5, 5.41) is 0. The summed E-state index contributed by atoms with van der Waals surface area (Å²) in [6.45, 7) is 0. The normalized spacial score (nSPS) is 31.3. The molecule has 3 rings (SSSR count). The predicted octanol–water partition coefficient (Wildman–Crippen LogP) is 1.29. The molecule has 1 fully saturated rings. The Kier molecular flexibility index (Phi) is 2.31. The molecule has 96 valence electrons. The highest BCUT2D eigenvalue weighted by Crippen LogP contribution is 2.64. The predicted molar refractivity (Wildman–Crippen MR) is 66.0 cm³/mol. The fraction of sp³-hybridized carbons (Fsp3) is 0.500. The first-order valence-corrected chi connectivity index (χ1v) is 6.13. The zero-order valence-electron chi connectivity index (χ0n) is 10.6. The van der Waals surface area contributed by atoms with Crippen molar-refractivity contribution in [2.24, 2.45) is 5.73 Å². The number of rotatable bonds is 3.